The number of rotatable bonds is 10. The second-order valence-electron chi connectivity index (χ2n) is 12.1. The molecule has 3 aromatic rings. The lowest BCUT2D eigenvalue weighted by Gasteiger charge is -2.53. The van der Waals surface area contributed by atoms with Crippen molar-refractivity contribution in [2.75, 3.05) is 25.1 Å². The van der Waals surface area contributed by atoms with Crippen LogP contribution in [0.1, 0.15) is 56.2 Å². The molecule has 0 radical (unpaired) electrons. The number of nitrogens with one attached hydrogen (secondary N) is 2. The van der Waals surface area contributed by atoms with Crippen molar-refractivity contribution >= 4 is 28.7 Å². The Morgan fingerprint density at radius 1 is 1.12 bits per heavy atom. The van der Waals surface area contributed by atoms with Gasteiger partial charge in [-0.15, -0.1) is 0 Å². The number of ether oxygens (including phenoxy) is 3. The number of carbonyl (C=O) groups excluding carboxylic acids is 1. The zero-order chi connectivity index (χ0) is 29.0. The van der Waals surface area contributed by atoms with Gasteiger partial charge in [-0.05, 0) is 69.6 Å². The minimum Gasteiger partial charge on any atom is -0.481 e. The Morgan fingerprint density at radius 3 is 2.69 bits per heavy atom. The molecule has 0 atom stereocenters. The number of amides is 1. The number of fused-ring (bicyclic) bond motifs is 5. The van der Waals surface area contributed by atoms with Crippen LogP contribution in [-0.4, -0.2) is 62.9 Å². The van der Waals surface area contributed by atoms with Crippen molar-refractivity contribution in [1.29, 1.82) is 0 Å². The fourth-order valence-corrected chi connectivity index (χ4v) is 6.23. The second-order valence-corrected chi connectivity index (χ2v) is 12.1. The number of aryl methyl sites for hydroxylation is 1. The summed E-state index contributed by atoms with van der Waals surface area (Å²) in [6.45, 7) is 1.13. The number of carboxylic acids is 1. The molecule has 11 nitrogen and oxygen atoms in total. The smallest absolute Gasteiger partial charge is 0.313 e. The van der Waals surface area contributed by atoms with Gasteiger partial charge in [0.05, 0.1) is 35.1 Å². The molecule has 2 saturated carbocycles. The topological polar surface area (TPSA) is 145 Å². The van der Waals surface area contributed by atoms with Crippen LogP contribution in [-0.2, 0) is 27.3 Å². The van der Waals surface area contributed by atoms with Crippen LogP contribution in [0.25, 0.3) is 11.0 Å². The molecule has 3 aromatic heterocycles. The van der Waals surface area contributed by atoms with E-state index < -0.39 is 17.2 Å². The Hall–Kier alpha value is -3.90. The maximum atomic E-state index is 15.1. The van der Waals surface area contributed by atoms with Gasteiger partial charge in [-0.3, -0.25) is 14.6 Å². The number of carboxylic acid groups (broad SMARTS) is 1. The SMILES string of the molecule is O=C1COc2ccc(CNC34CCC(CCc5c(F)cnc6ccc(OCC7(C(=O)O)CC7)nc56)(CC3)OC4)nc2N1. The van der Waals surface area contributed by atoms with Crippen molar-refractivity contribution in [2.45, 2.75) is 69.1 Å². The first-order valence-corrected chi connectivity index (χ1v) is 14.4. The van der Waals surface area contributed by atoms with Crippen molar-refractivity contribution in [3.63, 3.8) is 0 Å². The van der Waals surface area contributed by atoms with E-state index in [-0.39, 0.29) is 36.1 Å². The quantitative estimate of drug-likeness (QED) is 0.327. The van der Waals surface area contributed by atoms with Gasteiger partial charge in [0.25, 0.3) is 5.91 Å². The Kier molecular flexibility index (Phi) is 6.50. The summed E-state index contributed by atoms with van der Waals surface area (Å²) in [5, 5.41) is 15.8. The summed E-state index contributed by atoms with van der Waals surface area (Å²) >= 11 is 0. The molecular formula is C30H32FN5O6. The number of anilines is 1. The first-order valence-electron chi connectivity index (χ1n) is 14.4. The molecule has 0 unspecified atom stereocenters. The summed E-state index contributed by atoms with van der Waals surface area (Å²) in [5.74, 6) is -0.212. The van der Waals surface area contributed by atoms with Gasteiger partial charge in [0.15, 0.2) is 18.2 Å². The molecule has 2 saturated heterocycles. The molecule has 4 fully saturated rings. The van der Waals surface area contributed by atoms with E-state index in [1.54, 1.807) is 12.1 Å². The van der Waals surface area contributed by atoms with Gasteiger partial charge < -0.3 is 30.0 Å². The molecule has 2 bridgehead atoms. The van der Waals surface area contributed by atoms with Crippen molar-refractivity contribution in [1.82, 2.24) is 20.3 Å². The molecule has 0 aromatic carbocycles. The fourth-order valence-electron chi connectivity index (χ4n) is 6.23. The van der Waals surface area contributed by atoms with E-state index >= 15 is 4.39 Å². The molecule has 1 amide bonds. The van der Waals surface area contributed by atoms with Gasteiger partial charge >= 0.3 is 5.97 Å². The summed E-state index contributed by atoms with van der Waals surface area (Å²) in [6.07, 6.45) is 7.04. The molecule has 0 spiro atoms. The van der Waals surface area contributed by atoms with E-state index in [9.17, 15) is 14.7 Å². The minimum atomic E-state index is -0.865. The number of hydrogen-bond donors (Lipinski definition) is 3. The molecular weight excluding hydrogens is 545 g/mol. The van der Waals surface area contributed by atoms with Crippen LogP contribution >= 0.6 is 0 Å². The lowest BCUT2D eigenvalue weighted by Crippen LogP contribution is -2.61. The van der Waals surface area contributed by atoms with E-state index in [0.29, 0.717) is 67.0 Å². The third-order valence-electron chi connectivity index (χ3n) is 9.32. The van der Waals surface area contributed by atoms with Crippen LogP contribution in [0, 0.1) is 11.2 Å². The molecule has 5 aliphatic rings. The maximum Gasteiger partial charge on any atom is 0.313 e. The number of pyridine rings is 3. The third-order valence-corrected chi connectivity index (χ3v) is 9.32. The number of carbonyl (C=O) groups is 2. The van der Waals surface area contributed by atoms with Crippen molar-refractivity contribution in [3.8, 4) is 11.6 Å². The first-order chi connectivity index (χ1) is 20.3. The van der Waals surface area contributed by atoms with E-state index in [1.807, 2.05) is 12.1 Å². The van der Waals surface area contributed by atoms with Gasteiger partial charge in [0.2, 0.25) is 5.88 Å². The van der Waals surface area contributed by atoms with Crippen LogP contribution < -0.4 is 20.1 Å². The zero-order valence-corrected chi connectivity index (χ0v) is 23.1. The lowest BCUT2D eigenvalue weighted by molar-refractivity contribution is -0.165. The van der Waals surface area contributed by atoms with E-state index in [4.69, 9.17) is 14.2 Å². The summed E-state index contributed by atoms with van der Waals surface area (Å²) in [6, 6.07) is 7.10. The van der Waals surface area contributed by atoms with Crippen LogP contribution in [0.3, 0.4) is 0 Å². The number of halogens is 1. The monoisotopic (exact) mass is 577 g/mol. The Bertz CT molecular complexity index is 1550. The highest BCUT2D eigenvalue weighted by molar-refractivity contribution is 5.94. The third kappa shape index (κ3) is 5.02. The Morgan fingerprint density at radius 2 is 1.95 bits per heavy atom. The number of aliphatic carboxylic acids is 1. The lowest BCUT2D eigenvalue weighted by atomic mass is 9.69. The minimum absolute atomic E-state index is 0.000360. The number of hydrogen-bond acceptors (Lipinski definition) is 9. The van der Waals surface area contributed by atoms with Gasteiger partial charge in [-0.25, -0.2) is 14.4 Å². The molecule has 6 heterocycles. The fraction of sp³-hybridized carbons (Fsp3) is 0.500. The molecule has 2 aliphatic carbocycles. The normalized spacial score (nSPS) is 25.4. The first kappa shape index (κ1) is 27.0. The predicted octanol–water partition coefficient (Wildman–Crippen LogP) is 3.54. The van der Waals surface area contributed by atoms with Crippen LogP contribution in [0.15, 0.2) is 30.5 Å². The second kappa shape index (κ2) is 10.1. The molecule has 220 valence electrons. The Labute approximate surface area is 241 Å². The Balaban J connectivity index is 0.989. The highest BCUT2D eigenvalue weighted by Gasteiger charge is 2.51. The summed E-state index contributed by atoms with van der Waals surface area (Å²) in [5.41, 5.74) is 0.952. The molecule has 12 heteroatoms. The average Bonchev–Trinajstić information content (AvgIpc) is 3.81. The zero-order valence-electron chi connectivity index (χ0n) is 23.1. The summed E-state index contributed by atoms with van der Waals surface area (Å²) in [4.78, 5) is 36.4. The van der Waals surface area contributed by atoms with Crippen molar-refractivity contribution < 1.29 is 33.3 Å². The van der Waals surface area contributed by atoms with Crippen LogP contribution in [0.4, 0.5) is 10.2 Å². The molecule has 3 N–H and O–H groups in total. The van der Waals surface area contributed by atoms with Crippen LogP contribution in [0.5, 0.6) is 11.6 Å². The number of nitrogens with zero attached hydrogens (tertiary/aromatic N) is 3. The maximum absolute atomic E-state index is 15.1. The summed E-state index contributed by atoms with van der Waals surface area (Å²) in [7, 11) is 0. The van der Waals surface area contributed by atoms with Crippen molar-refractivity contribution in [3.05, 3.63) is 47.5 Å². The number of aromatic nitrogens is 3. The largest absolute Gasteiger partial charge is 0.481 e. The van der Waals surface area contributed by atoms with Gasteiger partial charge in [0, 0.05) is 23.7 Å². The van der Waals surface area contributed by atoms with Gasteiger partial charge in [-0.2, -0.15) is 0 Å². The van der Waals surface area contributed by atoms with Gasteiger partial charge in [-0.1, -0.05) is 0 Å². The predicted molar refractivity (Wildman–Crippen MR) is 148 cm³/mol. The van der Waals surface area contributed by atoms with E-state index in [0.717, 1.165) is 31.4 Å². The molecule has 8 rings (SSSR count). The van der Waals surface area contributed by atoms with Crippen molar-refractivity contribution in [2.24, 2.45) is 5.41 Å². The summed E-state index contributed by atoms with van der Waals surface area (Å²) < 4.78 is 32.7. The standard InChI is InChI=1S/C30H32FN5O6/c31-20-14-32-21-2-4-24(41-16-28(7-8-28)27(38)39)36-25(21)19(20)5-6-30-11-9-29(10-12-30,17-42-30)33-13-18-1-3-22-26(34-18)35-23(37)15-40-22/h1-4,14,33H,5-13,15-17H2,(H,38,39)(H,34,35,37). The van der Waals surface area contributed by atoms with Crippen LogP contribution in [0.2, 0.25) is 0 Å². The molecule has 42 heavy (non-hydrogen) atoms. The highest BCUT2D eigenvalue weighted by atomic mass is 19.1. The average molecular weight is 578 g/mol. The molecule has 3 aliphatic heterocycles. The van der Waals surface area contributed by atoms with Gasteiger partial charge in [0.1, 0.15) is 17.8 Å². The van der Waals surface area contributed by atoms with E-state index in [1.165, 1.54) is 6.20 Å². The highest BCUT2D eigenvalue weighted by Crippen LogP contribution is 2.47. The van der Waals surface area contributed by atoms with E-state index in [2.05, 4.69) is 25.6 Å².